The fourth-order valence-corrected chi connectivity index (χ4v) is 10.4. The van der Waals surface area contributed by atoms with Crippen molar-refractivity contribution in [2.24, 2.45) is 46.3 Å². The standard InChI is InChI=1S/C28H45BrO6/c1-6-34-23(32)10-7-15(2)18-8-9-19-24-20(14-22(28(18,19)5)35-16(3)30)27(4)12-11-17(31)13-21(27)25(29)26(24)33/h15,17-22,24-26,31,33H,6-14H2,1-5H3/t15-,17+,18+,19-,20-,21-,22-,24-,25+,26-,27+,28+/m0/s1. The highest BCUT2D eigenvalue weighted by atomic mass is 79.9. The highest BCUT2D eigenvalue weighted by Gasteiger charge is 2.68. The van der Waals surface area contributed by atoms with Gasteiger partial charge in [-0.1, -0.05) is 36.7 Å². The molecule has 12 atom stereocenters. The third-order valence-corrected chi connectivity index (χ3v) is 12.1. The maximum absolute atomic E-state index is 12.3. The minimum atomic E-state index is -0.487. The lowest BCUT2D eigenvalue weighted by Crippen LogP contribution is -2.66. The van der Waals surface area contributed by atoms with Crippen molar-refractivity contribution in [3.05, 3.63) is 0 Å². The van der Waals surface area contributed by atoms with Gasteiger partial charge in [0.25, 0.3) is 0 Å². The summed E-state index contributed by atoms with van der Waals surface area (Å²) in [5.41, 5.74) is -0.253. The topological polar surface area (TPSA) is 93.1 Å². The van der Waals surface area contributed by atoms with Crippen LogP contribution in [-0.4, -0.2) is 51.9 Å². The van der Waals surface area contributed by atoms with Gasteiger partial charge in [0, 0.05) is 23.6 Å². The predicted molar refractivity (Wildman–Crippen MR) is 137 cm³/mol. The number of hydrogen-bond acceptors (Lipinski definition) is 6. The van der Waals surface area contributed by atoms with Crippen molar-refractivity contribution >= 4 is 27.9 Å². The summed E-state index contributed by atoms with van der Waals surface area (Å²) in [5.74, 6) is 1.04. The molecule has 0 aromatic heterocycles. The molecule has 4 aliphatic rings. The first-order valence-electron chi connectivity index (χ1n) is 13.8. The number of fused-ring (bicyclic) bond motifs is 5. The van der Waals surface area contributed by atoms with Crippen LogP contribution in [0.3, 0.4) is 0 Å². The molecule has 2 N–H and O–H groups in total. The highest BCUT2D eigenvalue weighted by molar-refractivity contribution is 9.09. The molecule has 4 aliphatic carbocycles. The van der Waals surface area contributed by atoms with Crippen molar-refractivity contribution in [2.45, 2.75) is 109 Å². The van der Waals surface area contributed by atoms with Crippen LogP contribution in [0.5, 0.6) is 0 Å². The van der Waals surface area contributed by atoms with Crippen LogP contribution in [0.2, 0.25) is 0 Å². The number of carbonyl (C=O) groups is 2. The summed E-state index contributed by atoms with van der Waals surface area (Å²) in [7, 11) is 0. The summed E-state index contributed by atoms with van der Waals surface area (Å²) in [4.78, 5) is 24.3. The summed E-state index contributed by atoms with van der Waals surface area (Å²) < 4.78 is 11.3. The van der Waals surface area contributed by atoms with Crippen LogP contribution in [0.1, 0.15) is 86.0 Å². The first kappa shape index (κ1) is 27.4. The van der Waals surface area contributed by atoms with E-state index in [9.17, 15) is 19.8 Å². The van der Waals surface area contributed by atoms with Gasteiger partial charge in [-0.25, -0.2) is 0 Å². The number of halogens is 1. The van der Waals surface area contributed by atoms with Crippen LogP contribution >= 0.6 is 15.9 Å². The molecule has 6 nitrogen and oxygen atoms in total. The number of rotatable bonds is 6. The number of ether oxygens (including phenoxy) is 2. The molecular weight excluding hydrogens is 512 g/mol. The summed E-state index contributed by atoms with van der Waals surface area (Å²) in [6.07, 6.45) is 5.38. The molecule has 4 rings (SSSR count). The Labute approximate surface area is 219 Å². The van der Waals surface area contributed by atoms with Gasteiger partial charge in [-0.05, 0) is 92.8 Å². The Morgan fingerprint density at radius 1 is 1.09 bits per heavy atom. The van der Waals surface area contributed by atoms with Crippen molar-refractivity contribution in [2.75, 3.05) is 6.61 Å². The third kappa shape index (κ3) is 4.60. The Kier molecular flexibility index (Phi) is 8.01. The smallest absolute Gasteiger partial charge is 0.305 e. The average molecular weight is 558 g/mol. The summed E-state index contributed by atoms with van der Waals surface area (Å²) in [5, 5.41) is 22.1. The van der Waals surface area contributed by atoms with Crippen LogP contribution in [0, 0.1) is 46.3 Å². The largest absolute Gasteiger partial charge is 0.466 e. The zero-order valence-corrected chi connectivity index (χ0v) is 23.6. The normalized spacial score (nSPS) is 47.7. The molecule has 4 fully saturated rings. The fraction of sp³-hybridized carbons (Fsp3) is 0.929. The molecule has 200 valence electrons. The van der Waals surface area contributed by atoms with Gasteiger partial charge in [-0.2, -0.15) is 0 Å². The number of carbonyl (C=O) groups excluding carboxylic acids is 2. The molecule has 0 radical (unpaired) electrons. The van der Waals surface area contributed by atoms with Crippen LogP contribution in [0.4, 0.5) is 0 Å². The Bertz CT molecular complexity index is 804. The molecule has 0 spiro atoms. The van der Waals surface area contributed by atoms with Gasteiger partial charge >= 0.3 is 11.9 Å². The maximum Gasteiger partial charge on any atom is 0.305 e. The molecule has 0 heterocycles. The van der Waals surface area contributed by atoms with E-state index in [1.807, 2.05) is 6.92 Å². The number of alkyl halides is 1. The molecule has 7 heteroatoms. The van der Waals surface area contributed by atoms with Crippen LogP contribution in [-0.2, 0) is 19.1 Å². The number of hydrogen-bond donors (Lipinski definition) is 2. The molecule has 0 aliphatic heterocycles. The van der Waals surface area contributed by atoms with Crippen molar-refractivity contribution in [1.82, 2.24) is 0 Å². The minimum absolute atomic E-state index is 0.00929. The van der Waals surface area contributed by atoms with Crippen molar-refractivity contribution < 1.29 is 29.3 Å². The Hall–Kier alpha value is -0.660. The van der Waals surface area contributed by atoms with Gasteiger partial charge in [0.05, 0.1) is 18.8 Å². The number of aliphatic hydroxyl groups is 2. The van der Waals surface area contributed by atoms with Crippen molar-refractivity contribution in [3.8, 4) is 0 Å². The van der Waals surface area contributed by atoms with E-state index < -0.39 is 6.10 Å². The Morgan fingerprint density at radius 2 is 1.80 bits per heavy atom. The molecule has 0 unspecified atom stereocenters. The predicted octanol–water partition coefficient (Wildman–Crippen LogP) is 4.87. The zero-order valence-electron chi connectivity index (χ0n) is 22.0. The molecule has 0 saturated heterocycles. The second-order valence-corrected chi connectivity index (χ2v) is 13.5. The van der Waals surface area contributed by atoms with E-state index in [0.29, 0.717) is 25.4 Å². The highest BCUT2D eigenvalue weighted by Crippen LogP contribution is 2.69. The lowest BCUT2D eigenvalue weighted by molar-refractivity contribution is -0.214. The second-order valence-electron chi connectivity index (χ2n) is 12.5. The number of aliphatic hydroxyl groups excluding tert-OH is 2. The molecule has 0 bridgehead atoms. The van der Waals surface area contributed by atoms with Gasteiger partial charge in [-0.3, -0.25) is 9.59 Å². The summed E-state index contributed by atoms with van der Waals surface area (Å²) >= 11 is 3.89. The molecule has 4 saturated carbocycles. The first-order valence-corrected chi connectivity index (χ1v) is 14.7. The van der Waals surface area contributed by atoms with Crippen molar-refractivity contribution in [3.63, 3.8) is 0 Å². The van der Waals surface area contributed by atoms with Gasteiger partial charge in [-0.15, -0.1) is 0 Å². The van der Waals surface area contributed by atoms with Crippen LogP contribution < -0.4 is 0 Å². The summed E-state index contributed by atoms with van der Waals surface area (Å²) in [6.45, 7) is 10.6. The minimum Gasteiger partial charge on any atom is -0.466 e. The lowest BCUT2D eigenvalue weighted by atomic mass is 9.43. The molecule has 0 amide bonds. The van der Waals surface area contributed by atoms with E-state index in [2.05, 4.69) is 36.7 Å². The van der Waals surface area contributed by atoms with E-state index in [1.165, 1.54) is 6.92 Å². The monoisotopic (exact) mass is 556 g/mol. The quantitative estimate of drug-likeness (QED) is 0.358. The van der Waals surface area contributed by atoms with Crippen molar-refractivity contribution in [1.29, 1.82) is 0 Å². The number of esters is 2. The van der Waals surface area contributed by atoms with E-state index in [1.54, 1.807) is 0 Å². The molecule has 35 heavy (non-hydrogen) atoms. The van der Waals surface area contributed by atoms with Gasteiger partial charge < -0.3 is 19.7 Å². The summed E-state index contributed by atoms with van der Waals surface area (Å²) in [6, 6.07) is 0. The fourth-order valence-electron chi connectivity index (χ4n) is 9.25. The zero-order chi connectivity index (χ0) is 25.7. The molecule has 0 aromatic rings. The van der Waals surface area contributed by atoms with Gasteiger partial charge in [0.2, 0.25) is 0 Å². The van der Waals surface area contributed by atoms with Crippen LogP contribution in [0.25, 0.3) is 0 Å². The van der Waals surface area contributed by atoms with E-state index >= 15 is 0 Å². The van der Waals surface area contributed by atoms with E-state index in [4.69, 9.17) is 9.47 Å². The SMILES string of the molecule is CCOC(=O)CC[C@H](C)[C@H]1CC[C@H]2[C@@H]3[C@H](O)[C@H](Br)[C@@H]4C[C@H](O)CC[C@]4(C)[C@H]3C[C@H](OC(C)=O)[C@]12C. The average Bonchev–Trinajstić information content (AvgIpc) is 3.15. The first-order chi connectivity index (χ1) is 16.4. The van der Waals surface area contributed by atoms with Gasteiger partial charge in [0.1, 0.15) is 6.10 Å². The lowest BCUT2D eigenvalue weighted by Gasteiger charge is -2.65. The Balaban J connectivity index is 1.66. The van der Waals surface area contributed by atoms with E-state index in [-0.39, 0.29) is 69.4 Å². The van der Waals surface area contributed by atoms with E-state index in [0.717, 1.165) is 38.5 Å². The maximum atomic E-state index is 12.3. The van der Waals surface area contributed by atoms with Crippen LogP contribution in [0.15, 0.2) is 0 Å². The second kappa shape index (κ2) is 10.2. The third-order valence-electron chi connectivity index (χ3n) is 10.9. The molecule has 0 aromatic carbocycles. The molecular formula is C28H45BrO6. The van der Waals surface area contributed by atoms with Gasteiger partial charge in [0.15, 0.2) is 0 Å². The Morgan fingerprint density at radius 3 is 2.46 bits per heavy atom.